The van der Waals surface area contributed by atoms with Crippen LogP contribution in [0.15, 0.2) is 36.5 Å². The molecule has 2 aromatic heterocycles. The number of aryl methyl sites for hydroxylation is 2. The van der Waals surface area contributed by atoms with Crippen molar-refractivity contribution in [1.29, 1.82) is 0 Å². The lowest BCUT2D eigenvalue weighted by atomic mass is 10.1. The first-order valence-corrected chi connectivity index (χ1v) is 7.87. The second kappa shape index (κ2) is 6.20. The maximum atomic E-state index is 13.1. The number of benzene rings is 1. The van der Waals surface area contributed by atoms with Crippen LogP contribution in [0.25, 0.3) is 10.6 Å². The first-order valence-electron chi connectivity index (χ1n) is 7.05. The minimum atomic E-state index is -4.45. The van der Waals surface area contributed by atoms with Crippen LogP contribution in [0.2, 0.25) is 0 Å². The molecular formula is C16H13F3N4S. The van der Waals surface area contributed by atoms with Crippen molar-refractivity contribution in [2.75, 3.05) is 5.32 Å². The van der Waals surface area contributed by atoms with Gasteiger partial charge in [0.05, 0.1) is 32.5 Å². The molecule has 3 aromatic rings. The minimum Gasteiger partial charge on any atom is -0.324 e. The molecule has 0 unspecified atom stereocenters. The standard InChI is InChI=1S/C16H13F3N4S/c1-9-14(24-10(2)21-9)13-7-8-20-15(23-13)22-12-6-4-3-5-11(12)16(17,18)19/h3-8H,1-2H3,(H,20,22,23). The summed E-state index contributed by atoms with van der Waals surface area (Å²) >= 11 is 1.48. The number of rotatable bonds is 3. The number of aromatic nitrogens is 3. The average Bonchev–Trinajstić information content (AvgIpc) is 2.86. The second-order valence-corrected chi connectivity index (χ2v) is 6.28. The number of halogens is 3. The molecule has 0 aliphatic carbocycles. The third kappa shape index (κ3) is 3.38. The highest BCUT2D eigenvalue weighted by atomic mass is 32.1. The van der Waals surface area contributed by atoms with Gasteiger partial charge in [0.1, 0.15) is 0 Å². The molecular weight excluding hydrogens is 337 g/mol. The van der Waals surface area contributed by atoms with Gasteiger partial charge in [0.15, 0.2) is 0 Å². The fourth-order valence-electron chi connectivity index (χ4n) is 2.27. The van der Waals surface area contributed by atoms with E-state index in [1.807, 2.05) is 13.8 Å². The first kappa shape index (κ1) is 16.4. The van der Waals surface area contributed by atoms with Crippen LogP contribution in [0.3, 0.4) is 0 Å². The first-order chi connectivity index (χ1) is 11.3. The van der Waals surface area contributed by atoms with E-state index in [1.165, 1.54) is 35.7 Å². The number of hydrogen-bond donors (Lipinski definition) is 1. The number of nitrogens with zero attached hydrogens (tertiary/aromatic N) is 3. The molecule has 0 atom stereocenters. The van der Waals surface area contributed by atoms with Crippen LogP contribution in [0.5, 0.6) is 0 Å². The van der Waals surface area contributed by atoms with Crippen molar-refractivity contribution in [3.63, 3.8) is 0 Å². The van der Waals surface area contributed by atoms with Gasteiger partial charge in [0, 0.05) is 6.20 Å². The van der Waals surface area contributed by atoms with Crippen molar-refractivity contribution in [2.45, 2.75) is 20.0 Å². The van der Waals surface area contributed by atoms with Crippen LogP contribution < -0.4 is 5.32 Å². The second-order valence-electron chi connectivity index (χ2n) is 5.08. The molecule has 0 aliphatic rings. The highest BCUT2D eigenvalue weighted by Crippen LogP contribution is 2.35. The van der Waals surface area contributed by atoms with Gasteiger partial charge in [-0.05, 0) is 32.0 Å². The van der Waals surface area contributed by atoms with Crippen molar-refractivity contribution in [2.24, 2.45) is 0 Å². The lowest BCUT2D eigenvalue weighted by Gasteiger charge is -2.13. The maximum absolute atomic E-state index is 13.1. The summed E-state index contributed by atoms with van der Waals surface area (Å²) in [7, 11) is 0. The molecule has 4 nitrogen and oxygen atoms in total. The van der Waals surface area contributed by atoms with Gasteiger partial charge in [-0.1, -0.05) is 12.1 Å². The molecule has 0 saturated carbocycles. The van der Waals surface area contributed by atoms with E-state index in [9.17, 15) is 13.2 Å². The summed E-state index contributed by atoms with van der Waals surface area (Å²) in [4.78, 5) is 13.5. The Kier molecular flexibility index (Phi) is 4.23. The number of thiazole rings is 1. The Labute approximate surface area is 140 Å². The summed E-state index contributed by atoms with van der Waals surface area (Å²) in [6.45, 7) is 3.76. The number of nitrogens with one attached hydrogen (secondary N) is 1. The number of para-hydroxylation sites is 1. The zero-order valence-electron chi connectivity index (χ0n) is 12.8. The van der Waals surface area contributed by atoms with Crippen LogP contribution >= 0.6 is 11.3 Å². The van der Waals surface area contributed by atoms with Gasteiger partial charge in [-0.2, -0.15) is 13.2 Å². The third-order valence-corrected chi connectivity index (χ3v) is 4.37. The SMILES string of the molecule is Cc1nc(C)c(-c2ccnc(Nc3ccccc3C(F)(F)F)n2)s1. The maximum Gasteiger partial charge on any atom is 0.418 e. The molecule has 0 saturated heterocycles. The highest BCUT2D eigenvalue weighted by molar-refractivity contribution is 7.15. The highest BCUT2D eigenvalue weighted by Gasteiger charge is 2.33. The van der Waals surface area contributed by atoms with Crippen molar-refractivity contribution in [1.82, 2.24) is 15.0 Å². The van der Waals surface area contributed by atoms with Crippen molar-refractivity contribution in [3.8, 4) is 10.6 Å². The molecule has 0 spiro atoms. The van der Waals surface area contributed by atoms with E-state index in [-0.39, 0.29) is 11.6 Å². The molecule has 2 heterocycles. The van der Waals surface area contributed by atoms with Crippen LogP contribution in [-0.2, 0) is 6.18 Å². The van der Waals surface area contributed by atoms with Gasteiger partial charge in [0.2, 0.25) is 5.95 Å². The number of alkyl halides is 3. The zero-order chi connectivity index (χ0) is 17.3. The van der Waals surface area contributed by atoms with Gasteiger partial charge >= 0.3 is 6.18 Å². The van der Waals surface area contributed by atoms with E-state index in [2.05, 4.69) is 20.3 Å². The molecule has 0 aliphatic heterocycles. The van der Waals surface area contributed by atoms with Crippen molar-refractivity contribution in [3.05, 3.63) is 52.8 Å². The number of hydrogen-bond acceptors (Lipinski definition) is 5. The molecule has 1 N–H and O–H groups in total. The molecule has 3 rings (SSSR count). The van der Waals surface area contributed by atoms with E-state index in [0.717, 1.165) is 21.6 Å². The van der Waals surface area contributed by atoms with E-state index in [1.54, 1.807) is 6.07 Å². The van der Waals surface area contributed by atoms with Gasteiger partial charge in [-0.3, -0.25) is 0 Å². The molecule has 0 bridgehead atoms. The largest absolute Gasteiger partial charge is 0.418 e. The fraction of sp³-hybridized carbons (Fsp3) is 0.188. The summed E-state index contributed by atoms with van der Waals surface area (Å²) in [5, 5.41) is 3.56. The molecule has 0 amide bonds. The van der Waals surface area contributed by atoms with E-state index in [4.69, 9.17) is 0 Å². The van der Waals surface area contributed by atoms with Gasteiger partial charge < -0.3 is 5.32 Å². The Bertz CT molecular complexity index is 874. The Balaban J connectivity index is 1.96. The number of anilines is 2. The molecule has 0 radical (unpaired) electrons. The van der Waals surface area contributed by atoms with Gasteiger partial charge in [0.25, 0.3) is 0 Å². The summed E-state index contributed by atoms with van der Waals surface area (Å²) < 4.78 is 39.2. The molecule has 124 valence electrons. The Hall–Kier alpha value is -2.48. The van der Waals surface area contributed by atoms with Gasteiger partial charge in [-0.25, -0.2) is 15.0 Å². The van der Waals surface area contributed by atoms with E-state index < -0.39 is 11.7 Å². The van der Waals surface area contributed by atoms with Crippen molar-refractivity contribution < 1.29 is 13.2 Å². The Morgan fingerprint density at radius 2 is 1.79 bits per heavy atom. The Morgan fingerprint density at radius 3 is 2.46 bits per heavy atom. The average molecular weight is 350 g/mol. The summed E-state index contributed by atoms with van der Waals surface area (Å²) in [5.74, 6) is 0.106. The molecule has 1 aromatic carbocycles. The molecule has 8 heteroatoms. The van der Waals surface area contributed by atoms with Gasteiger partial charge in [-0.15, -0.1) is 11.3 Å². The summed E-state index contributed by atoms with van der Waals surface area (Å²) in [6, 6.07) is 6.94. The van der Waals surface area contributed by atoms with Crippen molar-refractivity contribution >= 4 is 23.0 Å². The molecule has 24 heavy (non-hydrogen) atoms. The van der Waals surface area contributed by atoms with E-state index >= 15 is 0 Å². The summed E-state index contributed by atoms with van der Waals surface area (Å²) in [5.41, 5.74) is 0.612. The van der Waals surface area contributed by atoms with Crippen LogP contribution in [0.1, 0.15) is 16.3 Å². The lowest BCUT2D eigenvalue weighted by Crippen LogP contribution is -2.09. The predicted molar refractivity (Wildman–Crippen MR) is 87.3 cm³/mol. The van der Waals surface area contributed by atoms with Crippen LogP contribution in [-0.4, -0.2) is 15.0 Å². The fourth-order valence-corrected chi connectivity index (χ4v) is 3.16. The third-order valence-electron chi connectivity index (χ3n) is 3.27. The zero-order valence-corrected chi connectivity index (χ0v) is 13.7. The van der Waals surface area contributed by atoms with Crippen LogP contribution in [0, 0.1) is 13.8 Å². The van der Waals surface area contributed by atoms with E-state index in [0.29, 0.717) is 5.69 Å². The quantitative estimate of drug-likeness (QED) is 0.724. The minimum absolute atomic E-state index is 0.0839. The summed E-state index contributed by atoms with van der Waals surface area (Å²) in [6.07, 6.45) is -2.94. The van der Waals surface area contributed by atoms with Crippen LogP contribution in [0.4, 0.5) is 24.8 Å². The smallest absolute Gasteiger partial charge is 0.324 e. The normalized spacial score (nSPS) is 11.5. The monoisotopic (exact) mass is 350 g/mol. The lowest BCUT2D eigenvalue weighted by molar-refractivity contribution is -0.136. The Morgan fingerprint density at radius 1 is 1.04 bits per heavy atom. The molecule has 0 fully saturated rings. The predicted octanol–water partition coefficient (Wildman–Crippen LogP) is 4.98. The topological polar surface area (TPSA) is 50.7 Å².